The Balaban J connectivity index is 0.000000171. The molecule has 0 spiro atoms. The maximum absolute atomic E-state index is 10.8. The van der Waals surface area contributed by atoms with Crippen LogP contribution in [0.15, 0.2) is 73.1 Å². The van der Waals surface area contributed by atoms with Crippen molar-refractivity contribution in [3.63, 3.8) is 0 Å². The summed E-state index contributed by atoms with van der Waals surface area (Å²) < 4.78 is 3.18. The summed E-state index contributed by atoms with van der Waals surface area (Å²) in [4.78, 5) is 21.6. The number of carbonyl (C=O) groups is 2. The number of para-hydroxylation sites is 2. The van der Waals surface area contributed by atoms with E-state index in [9.17, 15) is 9.59 Å². The molecule has 4 rings (SSSR count). The fourth-order valence-electron chi connectivity index (χ4n) is 2.83. The molecule has 8 nitrogen and oxygen atoms in total. The molecule has 0 amide bonds. The number of carboxylic acid groups (broad SMARTS) is 2. The standard InChI is InChI=1S/2C11H10N2O2/c1-8-10(11(14)15)7-13(12-8)9-5-3-2-4-6-9;1-8-10(11(14)15)7-12-13(8)9-5-3-2-4-6-9/h2*2-7H,1H3,(H,14,15). The fraction of sp³-hybridized carbons (Fsp3) is 0.0909. The normalized spacial score (nSPS) is 10.2. The van der Waals surface area contributed by atoms with Gasteiger partial charge in [0.25, 0.3) is 0 Å². The van der Waals surface area contributed by atoms with E-state index in [1.165, 1.54) is 12.4 Å². The van der Waals surface area contributed by atoms with Gasteiger partial charge < -0.3 is 10.2 Å². The molecule has 0 aliphatic carbocycles. The molecule has 30 heavy (non-hydrogen) atoms. The van der Waals surface area contributed by atoms with Gasteiger partial charge in [-0.05, 0) is 38.1 Å². The molecule has 0 atom stereocenters. The number of rotatable bonds is 4. The van der Waals surface area contributed by atoms with Crippen LogP contribution in [0.25, 0.3) is 11.4 Å². The predicted octanol–water partition coefficient (Wildman–Crippen LogP) is 3.76. The summed E-state index contributed by atoms with van der Waals surface area (Å²) in [6, 6.07) is 18.8. The highest BCUT2D eigenvalue weighted by Gasteiger charge is 2.13. The first-order chi connectivity index (χ1) is 14.4. The Hall–Kier alpha value is -4.20. The van der Waals surface area contributed by atoms with Crippen molar-refractivity contribution in [3.8, 4) is 11.4 Å². The van der Waals surface area contributed by atoms with Crippen molar-refractivity contribution < 1.29 is 19.8 Å². The van der Waals surface area contributed by atoms with Crippen LogP contribution in [0.1, 0.15) is 32.1 Å². The topological polar surface area (TPSA) is 110 Å². The third-order valence-corrected chi connectivity index (χ3v) is 4.39. The summed E-state index contributed by atoms with van der Waals surface area (Å²) in [5.74, 6) is -1.90. The average molecular weight is 404 g/mol. The maximum atomic E-state index is 10.8. The van der Waals surface area contributed by atoms with Crippen molar-refractivity contribution in [1.29, 1.82) is 0 Å². The van der Waals surface area contributed by atoms with E-state index in [0.29, 0.717) is 11.4 Å². The number of aryl methyl sites for hydroxylation is 1. The summed E-state index contributed by atoms with van der Waals surface area (Å²) in [6.07, 6.45) is 2.89. The number of nitrogens with zero attached hydrogens (tertiary/aromatic N) is 4. The molecular formula is C22H20N4O4. The predicted molar refractivity (Wildman–Crippen MR) is 111 cm³/mol. The van der Waals surface area contributed by atoms with Crippen LogP contribution in [-0.4, -0.2) is 41.7 Å². The van der Waals surface area contributed by atoms with E-state index < -0.39 is 11.9 Å². The Morgan fingerprint density at radius 3 is 1.80 bits per heavy atom. The summed E-state index contributed by atoms with van der Waals surface area (Å²) in [5.41, 5.74) is 3.34. The summed E-state index contributed by atoms with van der Waals surface area (Å²) >= 11 is 0. The molecule has 0 saturated heterocycles. The second-order valence-corrected chi connectivity index (χ2v) is 6.41. The molecule has 2 N–H and O–H groups in total. The molecule has 152 valence electrons. The first-order valence-electron chi connectivity index (χ1n) is 9.07. The summed E-state index contributed by atoms with van der Waals surface area (Å²) in [7, 11) is 0. The monoisotopic (exact) mass is 404 g/mol. The highest BCUT2D eigenvalue weighted by atomic mass is 16.4. The minimum atomic E-state index is -0.949. The van der Waals surface area contributed by atoms with Crippen LogP contribution in [0.3, 0.4) is 0 Å². The number of aromatic carboxylic acids is 2. The summed E-state index contributed by atoms with van der Waals surface area (Å²) in [6.45, 7) is 3.42. The molecule has 2 aromatic heterocycles. The van der Waals surface area contributed by atoms with Crippen LogP contribution in [-0.2, 0) is 0 Å². The maximum Gasteiger partial charge on any atom is 0.339 e. The molecule has 0 saturated carbocycles. The molecule has 0 radical (unpaired) electrons. The molecule has 0 aliphatic rings. The Kier molecular flexibility index (Phi) is 6.07. The molecular weight excluding hydrogens is 384 g/mol. The van der Waals surface area contributed by atoms with Crippen molar-refractivity contribution in [1.82, 2.24) is 19.6 Å². The zero-order chi connectivity index (χ0) is 21.7. The van der Waals surface area contributed by atoms with Gasteiger partial charge >= 0.3 is 11.9 Å². The third kappa shape index (κ3) is 4.44. The number of carboxylic acids is 2. The first-order valence-corrected chi connectivity index (χ1v) is 9.07. The SMILES string of the molecule is Cc1c(C(=O)O)cnn1-c1ccccc1.Cc1nn(-c2ccccc2)cc1C(=O)O. The van der Waals surface area contributed by atoms with Gasteiger partial charge in [-0.1, -0.05) is 36.4 Å². The zero-order valence-corrected chi connectivity index (χ0v) is 16.4. The molecule has 4 aromatic rings. The highest BCUT2D eigenvalue weighted by molar-refractivity contribution is 5.89. The van der Waals surface area contributed by atoms with E-state index in [1.54, 1.807) is 23.2 Å². The van der Waals surface area contributed by atoms with E-state index in [1.807, 2.05) is 60.7 Å². The molecule has 8 heteroatoms. The van der Waals surface area contributed by atoms with Gasteiger partial charge in [0, 0.05) is 6.20 Å². The molecule has 2 aromatic carbocycles. The van der Waals surface area contributed by atoms with Gasteiger partial charge in [-0.3, -0.25) is 0 Å². The van der Waals surface area contributed by atoms with Gasteiger partial charge in [-0.2, -0.15) is 10.2 Å². The van der Waals surface area contributed by atoms with Crippen molar-refractivity contribution in [3.05, 3.63) is 95.6 Å². The Labute approximate surface area is 172 Å². The van der Waals surface area contributed by atoms with E-state index in [-0.39, 0.29) is 11.1 Å². The number of hydrogen-bond acceptors (Lipinski definition) is 4. The van der Waals surface area contributed by atoms with Gasteiger partial charge in [-0.25, -0.2) is 19.0 Å². The Bertz CT molecular complexity index is 1150. The molecule has 2 heterocycles. The van der Waals surface area contributed by atoms with Gasteiger partial charge in [-0.15, -0.1) is 0 Å². The highest BCUT2D eigenvalue weighted by Crippen LogP contribution is 2.13. The van der Waals surface area contributed by atoms with Gasteiger partial charge in [0.2, 0.25) is 0 Å². The summed E-state index contributed by atoms with van der Waals surface area (Å²) in [5, 5.41) is 25.9. The van der Waals surface area contributed by atoms with Crippen LogP contribution in [0, 0.1) is 13.8 Å². The quantitative estimate of drug-likeness (QED) is 0.536. The zero-order valence-electron chi connectivity index (χ0n) is 16.4. The second-order valence-electron chi connectivity index (χ2n) is 6.41. The van der Waals surface area contributed by atoms with Gasteiger partial charge in [0.05, 0.1) is 29.0 Å². The van der Waals surface area contributed by atoms with Crippen molar-refractivity contribution in [2.24, 2.45) is 0 Å². The van der Waals surface area contributed by atoms with Crippen LogP contribution < -0.4 is 0 Å². The van der Waals surface area contributed by atoms with E-state index in [4.69, 9.17) is 10.2 Å². The van der Waals surface area contributed by atoms with Gasteiger partial charge in [0.15, 0.2) is 0 Å². The van der Waals surface area contributed by atoms with Crippen molar-refractivity contribution >= 4 is 11.9 Å². The smallest absolute Gasteiger partial charge is 0.339 e. The van der Waals surface area contributed by atoms with Crippen LogP contribution in [0.4, 0.5) is 0 Å². The lowest BCUT2D eigenvalue weighted by Gasteiger charge is -2.03. The van der Waals surface area contributed by atoms with Crippen LogP contribution in [0.2, 0.25) is 0 Å². The molecule has 0 bridgehead atoms. The lowest BCUT2D eigenvalue weighted by molar-refractivity contribution is 0.0685. The van der Waals surface area contributed by atoms with Crippen LogP contribution in [0.5, 0.6) is 0 Å². The minimum absolute atomic E-state index is 0.235. The van der Waals surface area contributed by atoms with Gasteiger partial charge in [0.1, 0.15) is 11.1 Å². The lowest BCUT2D eigenvalue weighted by Crippen LogP contribution is -2.02. The average Bonchev–Trinajstić information content (AvgIpc) is 3.33. The van der Waals surface area contributed by atoms with E-state index >= 15 is 0 Å². The molecule has 0 unspecified atom stereocenters. The van der Waals surface area contributed by atoms with E-state index in [2.05, 4.69) is 10.2 Å². The lowest BCUT2D eigenvalue weighted by atomic mass is 10.2. The second kappa shape index (κ2) is 8.87. The molecule has 0 fully saturated rings. The van der Waals surface area contributed by atoms with Crippen molar-refractivity contribution in [2.45, 2.75) is 13.8 Å². The number of aromatic nitrogens is 4. The van der Waals surface area contributed by atoms with Crippen molar-refractivity contribution in [2.75, 3.05) is 0 Å². The fourth-order valence-corrected chi connectivity index (χ4v) is 2.83. The largest absolute Gasteiger partial charge is 0.478 e. The first kappa shape index (κ1) is 20.5. The number of hydrogen-bond donors (Lipinski definition) is 2. The number of benzene rings is 2. The Morgan fingerprint density at radius 1 is 0.800 bits per heavy atom. The Morgan fingerprint density at radius 2 is 1.33 bits per heavy atom. The molecule has 0 aliphatic heterocycles. The minimum Gasteiger partial charge on any atom is -0.478 e. The van der Waals surface area contributed by atoms with Crippen LogP contribution >= 0.6 is 0 Å². The van der Waals surface area contributed by atoms with E-state index in [0.717, 1.165) is 11.4 Å². The third-order valence-electron chi connectivity index (χ3n) is 4.39.